The quantitative estimate of drug-likeness (QED) is 0.240. The number of carbonyl (C=O) groups excluding carboxylic acids is 5. The largest absolute Gasteiger partial charge is 0.549 e. The molecule has 1 saturated heterocycles. The number of hydrogen-bond donors (Lipinski definition) is 0. The fourth-order valence-corrected chi connectivity index (χ4v) is 7.85. The lowest BCUT2D eigenvalue weighted by atomic mass is 9.59. The van der Waals surface area contributed by atoms with Gasteiger partial charge in [0.25, 0.3) is 0 Å². The fraction of sp³-hybridized carbons (Fsp3) is 0.865. The van der Waals surface area contributed by atoms with Gasteiger partial charge in [-0.05, 0) is 57.8 Å². The Labute approximate surface area is 305 Å². The second-order valence-corrected chi connectivity index (χ2v) is 18.9. The monoisotopic (exact) mass is 725 g/mol. The third-order valence-electron chi connectivity index (χ3n) is 8.97. The number of nitrogens with zero attached hydrogens (tertiary/aromatic N) is 4. The molecule has 0 N–H and O–H groups in total. The zero-order chi connectivity index (χ0) is 40.1. The van der Waals surface area contributed by atoms with Crippen LogP contribution in [0.25, 0.3) is 0 Å². The van der Waals surface area contributed by atoms with Gasteiger partial charge < -0.3 is 39.2 Å². The normalized spacial score (nSPS) is 19.1. The first-order valence-electron chi connectivity index (χ1n) is 17.7. The Morgan fingerprint density at radius 3 is 1.45 bits per heavy atom. The Hall–Kier alpha value is -2.81. The highest BCUT2D eigenvalue weighted by Crippen LogP contribution is 2.48. The predicted octanol–water partition coefficient (Wildman–Crippen LogP) is -0.245. The molecule has 296 valence electrons. The molecule has 14 heteroatoms. The molecule has 0 aromatic heterocycles. The predicted molar refractivity (Wildman–Crippen MR) is 187 cm³/mol. The van der Waals surface area contributed by atoms with E-state index in [0.717, 1.165) is 0 Å². The standard InChI is InChI=1S/C37H68N4O10/c1-32(2,3)29(30(46)47)40-17-19-41(37(31(48)49,33(4,5)6)34(7,8)9)18-16-39(22-26(42)43)25(21-40)20-38(23-27(44)50-35(10,11)12)24-28(45)51-36(13,14)15/h25,29H,16-24H2,1-15H3,(H,42,43)(H,46,47)(H,48,49)/p-3. The molecule has 0 amide bonds. The maximum absolute atomic E-state index is 13.4. The molecule has 1 aliphatic heterocycles. The van der Waals surface area contributed by atoms with Gasteiger partial charge in [0, 0.05) is 51.9 Å². The van der Waals surface area contributed by atoms with E-state index < -0.39 is 81.5 Å². The van der Waals surface area contributed by atoms with Crippen LogP contribution in [0.5, 0.6) is 0 Å². The molecule has 1 heterocycles. The fourth-order valence-electron chi connectivity index (χ4n) is 7.85. The maximum Gasteiger partial charge on any atom is 0.320 e. The minimum Gasteiger partial charge on any atom is -0.549 e. The summed E-state index contributed by atoms with van der Waals surface area (Å²) in [5.74, 6) is -5.31. The molecule has 0 aromatic carbocycles. The van der Waals surface area contributed by atoms with Crippen molar-refractivity contribution < 1.29 is 48.8 Å². The van der Waals surface area contributed by atoms with Crippen molar-refractivity contribution in [2.75, 3.05) is 58.9 Å². The smallest absolute Gasteiger partial charge is 0.320 e. The minimum absolute atomic E-state index is 0.0282. The van der Waals surface area contributed by atoms with Gasteiger partial charge >= 0.3 is 11.9 Å². The summed E-state index contributed by atoms with van der Waals surface area (Å²) in [4.78, 5) is 71.3. The number of rotatable bonds is 12. The Kier molecular flexibility index (Phi) is 15.3. The molecule has 0 aliphatic carbocycles. The third-order valence-corrected chi connectivity index (χ3v) is 8.97. The summed E-state index contributed by atoms with van der Waals surface area (Å²) in [5, 5.41) is 38.5. The summed E-state index contributed by atoms with van der Waals surface area (Å²) in [6.07, 6.45) is 0. The molecule has 14 nitrogen and oxygen atoms in total. The Morgan fingerprint density at radius 1 is 0.686 bits per heavy atom. The molecular weight excluding hydrogens is 660 g/mol. The topological polar surface area (TPSA) is 186 Å². The van der Waals surface area contributed by atoms with E-state index in [9.17, 15) is 39.3 Å². The lowest BCUT2D eigenvalue weighted by Crippen LogP contribution is -2.73. The molecule has 2 atom stereocenters. The summed E-state index contributed by atoms with van der Waals surface area (Å²) >= 11 is 0. The van der Waals surface area contributed by atoms with Crippen LogP contribution in [0.1, 0.15) is 104 Å². The first kappa shape index (κ1) is 46.2. The zero-order valence-electron chi connectivity index (χ0n) is 33.9. The van der Waals surface area contributed by atoms with E-state index in [4.69, 9.17) is 9.47 Å². The van der Waals surface area contributed by atoms with Crippen LogP contribution in [0, 0.1) is 16.2 Å². The van der Waals surface area contributed by atoms with E-state index in [0.29, 0.717) is 0 Å². The van der Waals surface area contributed by atoms with Gasteiger partial charge in [0.15, 0.2) is 0 Å². The van der Waals surface area contributed by atoms with Crippen molar-refractivity contribution in [2.24, 2.45) is 16.2 Å². The third kappa shape index (κ3) is 13.3. The van der Waals surface area contributed by atoms with Gasteiger partial charge in [0.05, 0.1) is 42.6 Å². The summed E-state index contributed by atoms with van der Waals surface area (Å²) in [6, 6.07) is -1.98. The molecule has 51 heavy (non-hydrogen) atoms. The number of hydrogen-bond acceptors (Lipinski definition) is 14. The number of carboxylic acids is 3. The first-order chi connectivity index (χ1) is 22.7. The van der Waals surface area contributed by atoms with Crippen molar-refractivity contribution in [3.63, 3.8) is 0 Å². The van der Waals surface area contributed by atoms with Crippen molar-refractivity contribution in [1.82, 2.24) is 19.6 Å². The van der Waals surface area contributed by atoms with Crippen molar-refractivity contribution in [3.8, 4) is 0 Å². The molecule has 2 unspecified atom stereocenters. The van der Waals surface area contributed by atoms with Crippen LogP contribution in [0.2, 0.25) is 0 Å². The van der Waals surface area contributed by atoms with Gasteiger partial charge in [-0.15, -0.1) is 0 Å². The Morgan fingerprint density at radius 2 is 1.12 bits per heavy atom. The summed E-state index contributed by atoms with van der Waals surface area (Å²) in [6.45, 7) is 25.3. The van der Waals surface area contributed by atoms with E-state index in [-0.39, 0.29) is 52.4 Å². The van der Waals surface area contributed by atoms with Crippen LogP contribution in [0.15, 0.2) is 0 Å². The van der Waals surface area contributed by atoms with Crippen molar-refractivity contribution in [2.45, 2.75) is 133 Å². The highest BCUT2D eigenvalue weighted by Gasteiger charge is 2.56. The lowest BCUT2D eigenvalue weighted by Gasteiger charge is -2.60. The molecule has 1 rings (SSSR count). The number of esters is 2. The first-order valence-corrected chi connectivity index (χ1v) is 17.7. The van der Waals surface area contributed by atoms with Gasteiger partial charge in [-0.1, -0.05) is 62.3 Å². The number of carbonyl (C=O) groups is 5. The molecule has 1 fully saturated rings. The number of carboxylic acid groups (broad SMARTS) is 3. The average molecular weight is 726 g/mol. The van der Waals surface area contributed by atoms with E-state index >= 15 is 0 Å². The number of aliphatic carboxylic acids is 3. The van der Waals surface area contributed by atoms with E-state index in [2.05, 4.69) is 0 Å². The molecule has 1 aliphatic rings. The lowest BCUT2D eigenvalue weighted by molar-refractivity contribution is -0.333. The molecular formula is C37H65N4O10-3. The molecule has 0 bridgehead atoms. The zero-order valence-corrected chi connectivity index (χ0v) is 33.9. The van der Waals surface area contributed by atoms with Crippen LogP contribution in [0.4, 0.5) is 0 Å². The van der Waals surface area contributed by atoms with Crippen LogP contribution in [-0.2, 0) is 33.4 Å². The van der Waals surface area contributed by atoms with Gasteiger partial charge in [-0.25, -0.2) is 0 Å². The molecule has 0 saturated carbocycles. The van der Waals surface area contributed by atoms with Gasteiger partial charge in [0.2, 0.25) is 0 Å². The van der Waals surface area contributed by atoms with Crippen molar-refractivity contribution >= 4 is 29.8 Å². The second kappa shape index (κ2) is 16.9. The molecule has 0 spiro atoms. The van der Waals surface area contributed by atoms with Gasteiger partial charge in [-0.2, -0.15) is 0 Å². The second-order valence-electron chi connectivity index (χ2n) is 18.9. The molecule has 0 aromatic rings. The summed E-state index contributed by atoms with van der Waals surface area (Å²) in [5.41, 5.74) is -5.89. The highest BCUT2D eigenvalue weighted by atomic mass is 16.6. The van der Waals surface area contributed by atoms with Crippen molar-refractivity contribution in [3.05, 3.63) is 0 Å². The van der Waals surface area contributed by atoms with Crippen LogP contribution in [0.3, 0.4) is 0 Å². The van der Waals surface area contributed by atoms with Gasteiger partial charge in [-0.3, -0.25) is 29.2 Å². The van der Waals surface area contributed by atoms with Crippen molar-refractivity contribution in [1.29, 1.82) is 0 Å². The van der Waals surface area contributed by atoms with E-state index in [1.54, 1.807) is 77.0 Å². The summed E-state index contributed by atoms with van der Waals surface area (Å²) in [7, 11) is 0. The minimum atomic E-state index is -1.59. The van der Waals surface area contributed by atoms with Crippen LogP contribution in [-0.4, -0.2) is 137 Å². The number of ether oxygens (including phenoxy) is 2. The highest BCUT2D eigenvalue weighted by molar-refractivity contribution is 5.79. The average Bonchev–Trinajstić information content (AvgIpc) is 2.89. The van der Waals surface area contributed by atoms with Gasteiger partial charge in [0.1, 0.15) is 11.2 Å². The van der Waals surface area contributed by atoms with E-state index in [1.807, 2.05) is 41.5 Å². The van der Waals surface area contributed by atoms with Crippen LogP contribution < -0.4 is 15.3 Å². The maximum atomic E-state index is 13.4. The SMILES string of the molecule is CC(C)(C)OC(=O)CN(CC(=O)OC(C)(C)C)CC1CN(C(C(=O)[O-])C(C)(C)C)CCN(C(C(=O)[O-])(C(C)(C)C)C(C)(C)C)CCN1CC(=O)[O-]. The Bertz CT molecular complexity index is 1190. The summed E-state index contributed by atoms with van der Waals surface area (Å²) < 4.78 is 11.1. The molecule has 0 radical (unpaired) electrons. The van der Waals surface area contributed by atoms with Crippen LogP contribution >= 0.6 is 0 Å². The van der Waals surface area contributed by atoms with E-state index in [1.165, 1.54) is 4.90 Å². The Balaban J connectivity index is 3.99.